The zero-order valence-corrected chi connectivity index (χ0v) is 21.4. The molecule has 0 saturated heterocycles. The molecule has 0 radical (unpaired) electrons. The Morgan fingerprint density at radius 2 is 1.84 bits per heavy atom. The number of aromatic nitrogens is 3. The molecule has 2 aliphatic heterocycles. The number of hydrogen-bond acceptors (Lipinski definition) is 7. The van der Waals surface area contributed by atoms with E-state index in [1.54, 1.807) is 27.9 Å². The van der Waals surface area contributed by atoms with Crippen molar-refractivity contribution in [2.75, 3.05) is 4.90 Å². The molecule has 6 rings (SSSR count). The van der Waals surface area contributed by atoms with E-state index in [1.807, 2.05) is 57.2 Å². The Labute approximate surface area is 219 Å². The average molecular weight is 507 g/mol. The highest BCUT2D eigenvalue weighted by Crippen LogP contribution is 2.57. The van der Waals surface area contributed by atoms with Gasteiger partial charge in [-0.2, -0.15) is 5.26 Å². The van der Waals surface area contributed by atoms with Crippen LogP contribution < -0.4 is 10.6 Å². The average Bonchev–Trinajstić information content (AvgIpc) is 3.42. The third-order valence-electron chi connectivity index (χ3n) is 7.50. The van der Waals surface area contributed by atoms with Crippen LogP contribution in [0, 0.1) is 23.7 Å². The summed E-state index contributed by atoms with van der Waals surface area (Å²) in [5.41, 5.74) is 8.06. The molecule has 0 fully saturated rings. The molecule has 3 aliphatic rings. The minimum atomic E-state index is -1.66. The number of nitrogens with zero attached hydrogens (tertiary/aromatic N) is 5. The number of allylic oxidation sites excluding steroid dienone is 1. The van der Waals surface area contributed by atoms with Crippen molar-refractivity contribution in [3.05, 3.63) is 94.3 Å². The van der Waals surface area contributed by atoms with Crippen molar-refractivity contribution >= 4 is 17.4 Å². The molecule has 2 aromatic carbocycles. The maximum absolute atomic E-state index is 14.5. The molecule has 3 heterocycles. The van der Waals surface area contributed by atoms with Crippen molar-refractivity contribution in [2.24, 2.45) is 11.1 Å². The Morgan fingerprint density at radius 3 is 2.58 bits per heavy atom. The van der Waals surface area contributed by atoms with Crippen LogP contribution in [0.15, 0.2) is 77.5 Å². The first-order valence-electron chi connectivity index (χ1n) is 12.4. The monoisotopic (exact) mass is 506 g/mol. The van der Waals surface area contributed by atoms with E-state index in [1.165, 1.54) is 0 Å². The fourth-order valence-corrected chi connectivity index (χ4v) is 5.85. The number of anilines is 1. The van der Waals surface area contributed by atoms with Gasteiger partial charge in [-0.05, 0) is 30.5 Å². The topological polar surface area (TPSA) is 127 Å². The summed E-state index contributed by atoms with van der Waals surface area (Å²) in [6.45, 7) is 6.05. The lowest BCUT2D eigenvalue weighted by molar-refractivity contribution is -0.125. The van der Waals surface area contributed by atoms with Gasteiger partial charge in [-0.15, -0.1) is 5.10 Å². The fraction of sp³-hybridized carbons (Fsp3) is 0.276. The fourth-order valence-electron chi connectivity index (χ4n) is 5.85. The highest BCUT2D eigenvalue weighted by Gasteiger charge is 2.63. The summed E-state index contributed by atoms with van der Waals surface area (Å²) in [6.07, 6.45) is 2.43. The van der Waals surface area contributed by atoms with Crippen LogP contribution in [0.2, 0.25) is 0 Å². The number of ketones is 1. The minimum absolute atomic E-state index is 0.0624. The second-order valence-corrected chi connectivity index (χ2v) is 10.8. The van der Waals surface area contributed by atoms with E-state index < -0.39 is 11.3 Å². The van der Waals surface area contributed by atoms with Gasteiger partial charge in [0.05, 0.1) is 24.0 Å². The van der Waals surface area contributed by atoms with Gasteiger partial charge in [0.25, 0.3) is 0 Å². The van der Waals surface area contributed by atoms with E-state index in [2.05, 4.69) is 16.4 Å². The van der Waals surface area contributed by atoms with Gasteiger partial charge < -0.3 is 15.4 Å². The Bertz CT molecular complexity index is 1620. The number of nitriles is 1. The maximum Gasteiger partial charge on any atom is 0.248 e. The van der Waals surface area contributed by atoms with Crippen molar-refractivity contribution in [3.8, 4) is 11.8 Å². The number of nitrogens with two attached hydrogens (primary N) is 1. The van der Waals surface area contributed by atoms with E-state index in [4.69, 9.17) is 10.5 Å². The number of carbonyl (C=O) groups is 2. The van der Waals surface area contributed by atoms with Crippen molar-refractivity contribution in [3.63, 3.8) is 0 Å². The molecule has 3 aromatic rings. The van der Waals surface area contributed by atoms with E-state index in [9.17, 15) is 14.9 Å². The van der Waals surface area contributed by atoms with Crippen LogP contribution in [0.5, 0.6) is 0 Å². The van der Waals surface area contributed by atoms with Gasteiger partial charge in [0.2, 0.25) is 11.8 Å². The van der Waals surface area contributed by atoms with Crippen molar-refractivity contribution in [2.45, 2.75) is 45.6 Å². The second kappa shape index (κ2) is 8.15. The first-order chi connectivity index (χ1) is 18.2. The van der Waals surface area contributed by atoms with Gasteiger partial charge in [-0.3, -0.25) is 9.59 Å². The summed E-state index contributed by atoms with van der Waals surface area (Å²) < 4.78 is 7.51. The molecule has 2 N–H and O–H groups in total. The molecule has 1 spiro atoms. The number of ether oxygens (including phenoxy) is 1. The molecule has 0 bridgehead atoms. The lowest BCUT2D eigenvalue weighted by atomic mass is 9.62. The van der Waals surface area contributed by atoms with Crippen LogP contribution in [0.25, 0.3) is 5.69 Å². The summed E-state index contributed by atoms with van der Waals surface area (Å²) >= 11 is 0. The highest BCUT2D eigenvalue weighted by molar-refractivity contribution is 6.20. The summed E-state index contributed by atoms with van der Waals surface area (Å²) in [5, 5.41) is 18.8. The van der Waals surface area contributed by atoms with Gasteiger partial charge in [0.1, 0.15) is 28.5 Å². The first kappa shape index (κ1) is 23.7. The molecular weight excluding hydrogens is 480 g/mol. The molecule has 1 aliphatic carbocycles. The van der Waals surface area contributed by atoms with Crippen molar-refractivity contribution in [1.82, 2.24) is 15.0 Å². The lowest BCUT2D eigenvalue weighted by Gasteiger charge is -2.41. The molecule has 1 unspecified atom stereocenters. The minimum Gasteiger partial charge on any atom is -0.444 e. The Balaban J connectivity index is 1.48. The molecule has 38 heavy (non-hydrogen) atoms. The van der Waals surface area contributed by atoms with Crippen LogP contribution >= 0.6 is 0 Å². The number of hydrogen-bond donors (Lipinski definition) is 1. The number of para-hydroxylation sites is 1. The van der Waals surface area contributed by atoms with Gasteiger partial charge >= 0.3 is 0 Å². The van der Waals surface area contributed by atoms with E-state index in [0.29, 0.717) is 29.1 Å². The van der Waals surface area contributed by atoms with Crippen molar-refractivity contribution < 1.29 is 14.3 Å². The first-order valence-corrected chi connectivity index (χ1v) is 12.4. The molecule has 1 atom stereocenters. The van der Waals surface area contributed by atoms with E-state index >= 15 is 0 Å². The number of Topliss-reactive ketones (excluding diaryl/α,β-unsaturated/α-hetero) is 1. The van der Waals surface area contributed by atoms with E-state index in [-0.39, 0.29) is 41.2 Å². The maximum atomic E-state index is 14.5. The summed E-state index contributed by atoms with van der Waals surface area (Å²) in [7, 11) is 0. The molecule has 0 saturated carbocycles. The molecule has 9 heteroatoms. The van der Waals surface area contributed by atoms with Crippen LogP contribution in [0.3, 0.4) is 0 Å². The van der Waals surface area contributed by atoms with Gasteiger partial charge in [0, 0.05) is 24.1 Å². The number of amides is 1. The normalized spacial score (nSPS) is 21.9. The molecule has 9 nitrogen and oxygen atoms in total. The standard InChI is InChI=1S/C29H26N6O3/c1-17-8-10-19(11-9-17)35-16-18(32-33-35)15-34-22-7-5-4-6-20(22)29(27(34)37)21(14-30)26(31)38-24-13-28(2,3)12-23(36)25(24)29/h4-11,16H,12-13,15,31H2,1-3H3. The number of carbonyl (C=O) groups excluding carboxylic acids is 2. The Morgan fingerprint density at radius 1 is 1.11 bits per heavy atom. The summed E-state index contributed by atoms with van der Waals surface area (Å²) in [5.74, 6) is -0.427. The quantitative estimate of drug-likeness (QED) is 0.573. The highest BCUT2D eigenvalue weighted by atomic mass is 16.5. The zero-order valence-electron chi connectivity index (χ0n) is 21.4. The van der Waals surface area contributed by atoms with Crippen molar-refractivity contribution in [1.29, 1.82) is 5.26 Å². The summed E-state index contributed by atoms with van der Waals surface area (Å²) in [6, 6.07) is 17.2. The number of aryl methyl sites for hydroxylation is 1. The molecular formula is C29H26N6O3. The van der Waals surface area contributed by atoms with Gasteiger partial charge in [0.15, 0.2) is 5.78 Å². The van der Waals surface area contributed by atoms with Crippen LogP contribution in [0.4, 0.5) is 5.69 Å². The van der Waals surface area contributed by atoms with E-state index in [0.717, 1.165) is 11.3 Å². The third-order valence-corrected chi connectivity index (χ3v) is 7.50. The van der Waals surface area contributed by atoms with Gasteiger partial charge in [-0.1, -0.05) is 55.0 Å². The van der Waals surface area contributed by atoms with Gasteiger partial charge in [-0.25, -0.2) is 4.68 Å². The lowest BCUT2D eigenvalue weighted by Crippen LogP contribution is -2.50. The molecule has 190 valence electrons. The Hall–Kier alpha value is -4.71. The zero-order chi connectivity index (χ0) is 26.8. The number of fused-ring (bicyclic) bond motifs is 3. The second-order valence-electron chi connectivity index (χ2n) is 10.8. The predicted molar refractivity (Wildman–Crippen MR) is 138 cm³/mol. The molecule has 1 aromatic heterocycles. The smallest absolute Gasteiger partial charge is 0.248 e. The largest absolute Gasteiger partial charge is 0.444 e. The predicted octanol–water partition coefficient (Wildman–Crippen LogP) is 3.73. The number of benzene rings is 2. The SMILES string of the molecule is Cc1ccc(-n2cc(CN3C(=O)C4(C(C#N)=C(N)OC5=C4C(=O)CC(C)(C)C5)c4ccccc43)nn2)cc1. The van der Waals surface area contributed by atoms with Crippen LogP contribution in [0.1, 0.15) is 43.5 Å². The van der Waals surface area contributed by atoms with Crippen LogP contribution in [-0.4, -0.2) is 26.7 Å². The number of rotatable bonds is 3. The Kier molecular flexibility index (Phi) is 5.08. The summed E-state index contributed by atoms with van der Waals surface area (Å²) in [4.78, 5) is 29.8. The molecule has 1 amide bonds. The third kappa shape index (κ3) is 3.30. The van der Waals surface area contributed by atoms with Crippen LogP contribution in [-0.2, 0) is 26.3 Å².